The summed E-state index contributed by atoms with van der Waals surface area (Å²) in [5, 5.41) is 9.09. The van der Waals surface area contributed by atoms with Crippen molar-refractivity contribution in [1.82, 2.24) is 14.5 Å². The van der Waals surface area contributed by atoms with Gasteiger partial charge in [0.15, 0.2) is 0 Å². The van der Waals surface area contributed by atoms with Gasteiger partial charge in [-0.2, -0.15) is 0 Å². The second-order valence-corrected chi connectivity index (χ2v) is 6.60. The Morgan fingerprint density at radius 3 is 2.79 bits per heavy atom. The van der Waals surface area contributed by atoms with Crippen molar-refractivity contribution in [2.24, 2.45) is 7.05 Å². The number of pyridine rings is 1. The molecule has 29 heavy (non-hydrogen) atoms. The van der Waals surface area contributed by atoms with Crippen molar-refractivity contribution in [2.45, 2.75) is 13.5 Å². The zero-order chi connectivity index (χ0) is 20.4. The van der Waals surface area contributed by atoms with E-state index in [-0.39, 0.29) is 12.2 Å². The van der Waals surface area contributed by atoms with Crippen LogP contribution in [0.15, 0.2) is 60.9 Å². The summed E-state index contributed by atoms with van der Waals surface area (Å²) in [4.78, 5) is 19.8. The second-order valence-electron chi connectivity index (χ2n) is 6.60. The molecule has 0 aliphatic carbocycles. The van der Waals surface area contributed by atoms with Crippen molar-refractivity contribution < 1.29 is 19.4 Å². The van der Waals surface area contributed by atoms with E-state index in [1.54, 1.807) is 24.5 Å². The number of carboxylic acids is 1. The maximum absolute atomic E-state index is 11.1. The van der Waals surface area contributed by atoms with E-state index in [2.05, 4.69) is 9.97 Å². The molecule has 7 heteroatoms. The third-order valence-electron chi connectivity index (χ3n) is 4.61. The highest BCUT2D eigenvalue weighted by atomic mass is 16.5. The molecule has 2 heterocycles. The van der Waals surface area contributed by atoms with Crippen LogP contribution in [-0.4, -0.2) is 25.6 Å². The molecule has 4 aromatic rings. The van der Waals surface area contributed by atoms with E-state index in [4.69, 9.17) is 14.6 Å². The molecular formula is C22H19N3O4. The number of aromatic nitrogens is 3. The molecule has 146 valence electrons. The average Bonchev–Trinajstić information content (AvgIpc) is 3.04. The lowest BCUT2D eigenvalue weighted by Gasteiger charge is -2.08. The van der Waals surface area contributed by atoms with E-state index in [1.165, 1.54) is 12.1 Å². The van der Waals surface area contributed by atoms with Gasteiger partial charge in [-0.25, -0.2) is 9.78 Å². The summed E-state index contributed by atoms with van der Waals surface area (Å²) in [5.74, 6) is 1.60. The fraction of sp³-hybridized carbons (Fsp3) is 0.136. The summed E-state index contributed by atoms with van der Waals surface area (Å²) < 4.78 is 13.6. The van der Waals surface area contributed by atoms with Crippen molar-refractivity contribution in [2.75, 3.05) is 0 Å². The molecule has 0 fully saturated rings. The molecule has 0 spiro atoms. The molecule has 0 amide bonds. The minimum Gasteiger partial charge on any atom is -0.486 e. The van der Waals surface area contributed by atoms with Crippen LogP contribution in [0.1, 0.15) is 21.7 Å². The first kappa shape index (κ1) is 18.5. The van der Waals surface area contributed by atoms with Gasteiger partial charge in [-0.3, -0.25) is 4.98 Å². The predicted octanol–water partition coefficient (Wildman–Crippen LogP) is 4.35. The van der Waals surface area contributed by atoms with Gasteiger partial charge in [-0.1, -0.05) is 6.07 Å². The molecule has 7 nitrogen and oxygen atoms in total. The molecule has 0 radical (unpaired) electrons. The molecule has 0 saturated heterocycles. The lowest BCUT2D eigenvalue weighted by molar-refractivity contribution is 0.0696. The molecule has 0 aliphatic rings. The minimum absolute atomic E-state index is 0.181. The van der Waals surface area contributed by atoms with Crippen molar-refractivity contribution in [1.29, 1.82) is 0 Å². The summed E-state index contributed by atoms with van der Waals surface area (Å²) >= 11 is 0. The number of aromatic carboxylic acids is 1. The van der Waals surface area contributed by atoms with Gasteiger partial charge >= 0.3 is 5.97 Å². The molecule has 1 N–H and O–H groups in total. The number of hydrogen-bond donors (Lipinski definition) is 1. The van der Waals surface area contributed by atoms with Gasteiger partial charge in [0.05, 0.1) is 22.8 Å². The summed E-state index contributed by atoms with van der Waals surface area (Å²) in [6, 6.07) is 14.0. The van der Waals surface area contributed by atoms with Gasteiger partial charge in [0, 0.05) is 19.3 Å². The predicted molar refractivity (Wildman–Crippen MR) is 107 cm³/mol. The maximum Gasteiger partial charge on any atom is 0.335 e. The molecule has 0 saturated carbocycles. The maximum atomic E-state index is 11.1. The highest BCUT2D eigenvalue weighted by Gasteiger charge is 2.11. The molecule has 2 aromatic heterocycles. The van der Waals surface area contributed by atoms with Gasteiger partial charge < -0.3 is 19.1 Å². The Balaban J connectivity index is 1.55. The topological polar surface area (TPSA) is 86.5 Å². The first-order chi connectivity index (χ1) is 14.0. The van der Waals surface area contributed by atoms with Gasteiger partial charge in [-0.15, -0.1) is 0 Å². The Morgan fingerprint density at radius 2 is 2.00 bits per heavy atom. The third kappa shape index (κ3) is 3.89. The number of aryl methyl sites for hydroxylation is 2. The van der Waals surface area contributed by atoms with Gasteiger partial charge in [0.25, 0.3) is 0 Å². The van der Waals surface area contributed by atoms with Crippen LogP contribution in [0.25, 0.3) is 11.0 Å². The number of hydrogen-bond acceptors (Lipinski definition) is 5. The smallest absolute Gasteiger partial charge is 0.335 e. The van der Waals surface area contributed by atoms with E-state index in [0.29, 0.717) is 17.2 Å². The largest absolute Gasteiger partial charge is 0.486 e. The summed E-state index contributed by atoms with van der Waals surface area (Å²) in [6.07, 6.45) is 3.41. The summed E-state index contributed by atoms with van der Waals surface area (Å²) in [7, 11) is 1.90. The highest BCUT2D eigenvalue weighted by molar-refractivity contribution is 5.88. The van der Waals surface area contributed by atoms with E-state index < -0.39 is 5.97 Å². The van der Waals surface area contributed by atoms with Gasteiger partial charge in [0.1, 0.15) is 29.7 Å². The number of nitrogens with zero attached hydrogens (tertiary/aromatic N) is 3. The van der Waals surface area contributed by atoms with Crippen molar-refractivity contribution in [3.63, 3.8) is 0 Å². The van der Waals surface area contributed by atoms with E-state index >= 15 is 0 Å². The molecular weight excluding hydrogens is 370 g/mol. The fourth-order valence-corrected chi connectivity index (χ4v) is 2.96. The molecule has 0 bridgehead atoms. The summed E-state index contributed by atoms with van der Waals surface area (Å²) in [5.41, 5.74) is 2.91. The Hall–Kier alpha value is -3.87. The fourth-order valence-electron chi connectivity index (χ4n) is 2.96. The Bertz CT molecular complexity index is 1200. The van der Waals surface area contributed by atoms with Crippen LogP contribution in [0.3, 0.4) is 0 Å². The van der Waals surface area contributed by atoms with Crippen LogP contribution in [0.5, 0.6) is 17.2 Å². The first-order valence-electron chi connectivity index (χ1n) is 9.01. The molecule has 4 rings (SSSR count). The van der Waals surface area contributed by atoms with E-state index in [1.807, 2.05) is 42.8 Å². The number of carbonyl (C=O) groups is 1. The third-order valence-corrected chi connectivity index (χ3v) is 4.61. The molecule has 0 atom stereocenters. The highest BCUT2D eigenvalue weighted by Crippen LogP contribution is 2.27. The number of imidazole rings is 1. The van der Waals surface area contributed by atoms with Crippen LogP contribution in [-0.2, 0) is 13.7 Å². The van der Waals surface area contributed by atoms with Crippen molar-refractivity contribution in [3.8, 4) is 17.2 Å². The van der Waals surface area contributed by atoms with Crippen LogP contribution in [0, 0.1) is 6.92 Å². The van der Waals surface area contributed by atoms with Crippen molar-refractivity contribution >= 4 is 17.0 Å². The van der Waals surface area contributed by atoms with Crippen LogP contribution < -0.4 is 9.47 Å². The zero-order valence-corrected chi connectivity index (χ0v) is 16.0. The van der Waals surface area contributed by atoms with E-state index in [9.17, 15) is 4.79 Å². The van der Waals surface area contributed by atoms with Crippen LogP contribution in [0.4, 0.5) is 0 Å². The van der Waals surface area contributed by atoms with Gasteiger partial charge in [0.2, 0.25) is 0 Å². The lowest BCUT2D eigenvalue weighted by Crippen LogP contribution is -2.04. The number of rotatable bonds is 6. The number of carboxylic acid groups (broad SMARTS) is 1. The zero-order valence-electron chi connectivity index (χ0n) is 16.0. The number of benzene rings is 2. The Kier molecular flexibility index (Phi) is 4.87. The molecule has 2 aromatic carbocycles. The lowest BCUT2D eigenvalue weighted by atomic mass is 10.2. The quantitative estimate of drug-likeness (QED) is 0.528. The number of ether oxygens (including phenoxy) is 2. The molecule has 0 aliphatic heterocycles. The standard InChI is InChI=1S/C22H19N3O4/c1-14-8-9-23-12-20(14)29-17-6-7-18-19(11-17)25(2)21(24-18)13-28-16-5-3-4-15(10-16)22(26)27/h3-12H,13H2,1-2H3,(H,26,27). The van der Waals surface area contributed by atoms with Gasteiger partial charge in [-0.05, 0) is 48.9 Å². The summed E-state index contributed by atoms with van der Waals surface area (Å²) in [6.45, 7) is 2.18. The van der Waals surface area contributed by atoms with E-state index in [0.717, 1.165) is 22.4 Å². The van der Waals surface area contributed by atoms with Crippen LogP contribution >= 0.6 is 0 Å². The normalized spacial score (nSPS) is 10.8. The van der Waals surface area contributed by atoms with Crippen LogP contribution in [0.2, 0.25) is 0 Å². The first-order valence-corrected chi connectivity index (χ1v) is 9.01. The monoisotopic (exact) mass is 389 g/mol. The molecule has 0 unspecified atom stereocenters. The minimum atomic E-state index is -0.991. The number of fused-ring (bicyclic) bond motifs is 1. The Morgan fingerprint density at radius 1 is 1.14 bits per heavy atom. The SMILES string of the molecule is Cc1ccncc1Oc1ccc2nc(COc3cccc(C(=O)O)c3)n(C)c2c1. The van der Waals surface area contributed by atoms with Crippen molar-refractivity contribution in [3.05, 3.63) is 77.9 Å². The second kappa shape index (κ2) is 7.63. The Labute approximate surface area is 167 Å². The average molecular weight is 389 g/mol.